The van der Waals surface area contributed by atoms with Gasteiger partial charge in [0, 0.05) is 30.4 Å². The Hall–Kier alpha value is -3.22. The Labute approximate surface area is 132 Å². The van der Waals surface area contributed by atoms with Gasteiger partial charge < -0.3 is 25.6 Å². The van der Waals surface area contributed by atoms with Gasteiger partial charge in [-0.15, -0.1) is 0 Å². The van der Waals surface area contributed by atoms with E-state index in [9.17, 15) is 19.8 Å². The molecule has 4 N–H and O–H groups in total. The quantitative estimate of drug-likeness (QED) is 0.647. The fraction of sp³-hybridized carbons (Fsp3) is 0.125. The molecule has 0 saturated carbocycles. The maximum Gasteiger partial charge on any atom is 0.337 e. The number of hydrogen-bond donors (Lipinski definition) is 4. The Bertz CT molecular complexity index is 693. The van der Waals surface area contributed by atoms with Crippen molar-refractivity contribution < 1.29 is 24.5 Å². The van der Waals surface area contributed by atoms with Gasteiger partial charge in [0.2, 0.25) is 0 Å². The van der Waals surface area contributed by atoms with Crippen LogP contribution in [0.15, 0.2) is 42.5 Å². The molecule has 2 rings (SSSR count). The number of amides is 2. The number of aromatic hydroxyl groups is 2. The SMILES string of the molecule is COC(=O)c1ccc(CNC(=O)Nc2cc(O)cc(O)c2)cc1. The second-order valence-electron chi connectivity index (χ2n) is 4.73. The number of carbonyl (C=O) groups excluding carboxylic acids is 2. The molecule has 0 saturated heterocycles. The summed E-state index contributed by atoms with van der Waals surface area (Å²) in [7, 11) is 1.31. The summed E-state index contributed by atoms with van der Waals surface area (Å²) in [6, 6.07) is 9.90. The van der Waals surface area contributed by atoms with Crippen molar-refractivity contribution in [1.29, 1.82) is 0 Å². The summed E-state index contributed by atoms with van der Waals surface area (Å²) in [6.07, 6.45) is 0. The van der Waals surface area contributed by atoms with Crippen LogP contribution in [0.1, 0.15) is 15.9 Å². The van der Waals surface area contributed by atoms with Crippen molar-refractivity contribution in [2.45, 2.75) is 6.54 Å². The fourth-order valence-electron chi connectivity index (χ4n) is 1.90. The minimum absolute atomic E-state index is 0.154. The van der Waals surface area contributed by atoms with E-state index in [2.05, 4.69) is 15.4 Å². The van der Waals surface area contributed by atoms with Gasteiger partial charge in [-0.1, -0.05) is 12.1 Å². The molecule has 0 atom stereocenters. The minimum atomic E-state index is -0.493. The first-order valence-corrected chi connectivity index (χ1v) is 6.73. The number of ether oxygens (including phenoxy) is 1. The van der Waals surface area contributed by atoms with E-state index in [4.69, 9.17) is 0 Å². The zero-order valence-corrected chi connectivity index (χ0v) is 12.4. The van der Waals surface area contributed by atoms with Gasteiger partial charge in [-0.3, -0.25) is 0 Å². The zero-order valence-electron chi connectivity index (χ0n) is 12.4. The third-order valence-electron chi connectivity index (χ3n) is 2.99. The molecule has 0 aliphatic rings. The molecule has 2 aromatic rings. The van der Waals surface area contributed by atoms with E-state index < -0.39 is 12.0 Å². The van der Waals surface area contributed by atoms with Crippen LogP contribution in [0.3, 0.4) is 0 Å². The number of carbonyl (C=O) groups is 2. The smallest absolute Gasteiger partial charge is 0.337 e. The first kappa shape index (κ1) is 16.2. The third-order valence-corrected chi connectivity index (χ3v) is 2.99. The Morgan fingerprint density at radius 1 is 1.04 bits per heavy atom. The summed E-state index contributed by atoms with van der Waals surface area (Å²) < 4.78 is 4.60. The number of hydrogen-bond acceptors (Lipinski definition) is 5. The lowest BCUT2D eigenvalue weighted by Crippen LogP contribution is -2.28. The molecule has 2 aromatic carbocycles. The van der Waals surface area contributed by atoms with Gasteiger partial charge in [0.1, 0.15) is 11.5 Å². The second-order valence-corrected chi connectivity index (χ2v) is 4.73. The molecule has 23 heavy (non-hydrogen) atoms. The first-order chi connectivity index (χ1) is 11.0. The van der Waals surface area contributed by atoms with Crippen molar-refractivity contribution in [3.8, 4) is 11.5 Å². The van der Waals surface area contributed by atoms with E-state index in [0.717, 1.165) is 11.6 Å². The Morgan fingerprint density at radius 2 is 1.65 bits per heavy atom. The van der Waals surface area contributed by atoms with Gasteiger partial charge in [-0.2, -0.15) is 0 Å². The number of nitrogens with one attached hydrogen (secondary N) is 2. The average molecular weight is 316 g/mol. The highest BCUT2D eigenvalue weighted by Gasteiger charge is 2.06. The highest BCUT2D eigenvalue weighted by Crippen LogP contribution is 2.23. The third kappa shape index (κ3) is 4.63. The summed E-state index contributed by atoms with van der Waals surface area (Å²) in [5.74, 6) is -0.733. The number of phenols is 2. The molecule has 0 radical (unpaired) electrons. The summed E-state index contributed by atoms with van der Waals surface area (Å²) in [5, 5.41) is 23.8. The molecule has 7 nitrogen and oxygen atoms in total. The van der Waals surface area contributed by atoms with Crippen LogP contribution in [-0.4, -0.2) is 29.3 Å². The normalized spacial score (nSPS) is 9.96. The zero-order chi connectivity index (χ0) is 16.8. The number of methoxy groups -OCH3 is 1. The lowest BCUT2D eigenvalue weighted by Gasteiger charge is -2.09. The van der Waals surface area contributed by atoms with Crippen LogP contribution in [0.2, 0.25) is 0 Å². The predicted molar refractivity (Wildman–Crippen MR) is 83.4 cm³/mol. The van der Waals surface area contributed by atoms with E-state index >= 15 is 0 Å². The Morgan fingerprint density at radius 3 is 2.22 bits per heavy atom. The lowest BCUT2D eigenvalue weighted by molar-refractivity contribution is 0.0600. The van der Waals surface area contributed by atoms with Crippen molar-refractivity contribution in [1.82, 2.24) is 5.32 Å². The van der Waals surface area contributed by atoms with Gasteiger partial charge in [0.15, 0.2) is 0 Å². The number of esters is 1. The Kier molecular flexibility index (Phi) is 5.03. The van der Waals surface area contributed by atoms with Gasteiger partial charge in [-0.05, 0) is 17.7 Å². The van der Waals surface area contributed by atoms with Crippen LogP contribution in [0.5, 0.6) is 11.5 Å². The fourth-order valence-corrected chi connectivity index (χ4v) is 1.90. The van der Waals surface area contributed by atoms with Gasteiger partial charge in [0.25, 0.3) is 0 Å². The molecular formula is C16H16N2O5. The van der Waals surface area contributed by atoms with Crippen molar-refractivity contribution in [3.05, 3.63) is 53.6 Å². The minimum Gasteiger partial charge on any atom is -0.508 e. The van der Waals surface area contributed by atoms with E-state index in [0.29, 0.717) is 5.56 Å². The van der Waals surface area contributed by atoms with Crippen molar-refractivity contribution in [3.63, 3.8) is 0 Å². The van der Waals surface area contributed by atoms with Gasteiger partial charge >= 0.3 is 12.0 Å². The predicted octanol–water partition coefficient (Wildman–Crippen LogP) is 2.21. The van der Waals surface area contributed by atoms with Crippen LogP contribution in [0, 0.1) is 0 Å². The molecule has 0 aliphatic heterocycles. The average Bonchev–Trinajstić information content (AvgIpc) is 2.51. The summed E-state index contributed by atoms with van der Waals surface area (Å²) in [5.41, 5.74) is 1.49. The summed E-state index contributed by atoms with van der Waals surface area (Å²) >= 11 is 0. The van der Waals surface area contributed by atoms with E-state index in [1.165, 1.54) is 19.2 Å². The molecular weight excluding hydrogens is 300 g/mol. The Balaban J connectivity index is 1.90. The van der Waals surface area contributed by atoms with E-state index in [-0.39, 0.29) is 23.7 Å². The number of rotatable bonds is 4. The maximum atomic E-state index is 11.8. The molecule has 7 heteroatoms. The van der Waals surface area contributed by atoms with Crippen LogP contribution in [0.4, 0.5) is 10.5 Å². The van der Waals surface area contributed by atoms with Crippen LogP contribution in [0.25, 0.3) is 0 Å². The molecule has 0 bridgehead atoms. The van der Waals surface area contributed by atoms with Crippen molar-refractivity contribution in [2.75, 3.05) is 12.4 Å². The molecule has 0 unspecified atom stereocenters. The molecule has 0 fully saturated rings. The van der Waals surface area contributed by atoms with E-state index in [1.807, 2.05) is 0 Å². The largest absolute Gasteiger partial charge is 0.508 e. The molecule has 120 valence electrons. The summed E-state index contributed by atoms with van der Waals surface area (Å²) in [4.78, 5) is 23.1. The second kappa shape index (κ2) is 7.17. The van der Waals surface area contributed by atoms with E-state index in [1.54, 1.807) is 24.3 Å². The monoisotopic (exact) mass is 316 g/mol. The molecule has 0 aromatic heterocycles. The van der Waals surface area contributed by atoms with Crippen LogP contribution < -0.4 is 10.6 Å². The highest BCUT2D eigenvalue weighted by molar-refractivity contribution is 5.90. The molecule has 0 heterocycles. The summed E-state index contributed by atoms with van der Waals surface area (Å²) in [6.45, 7) is 0.248. The van der Waals surface area contributed by atoms with Crippen molar-refractivity contribution >= 4 is 17.7 Å². The topological polar surface area (TPSA) is 108 Å². The standard InChI is InChI=1S/C16H16N2O5/c1-23-15(21)11-4-2-10(3-5-11)9-17-16(22)18-12-6-13(19)8-14(20)7-12/h2-8,19-20H,9H2,1H3,(H2,17,18,22). The molecule has 0 aliphatic carbocycles. The van der Waals surface area contributed by atoms with Crippen LogP contribution >= 0.6 is 0 Å². The first-order valence-electron chi connectivity index (χ1n) is 6.73. The van der Waals surface area contributed by atoms with Gasteiger partial charge in [-0.25, -0.2) is 9.59 Å². The number of urea groups is 1. The number of phenolic OH excluding ortho intramolecular Hbond substituents is 2. The van der Waals surface area contributed by atoms with Gasteiger partial charge in [0.05, 0.1) is 12.7 Å². The maximum absolute atomic E-state index is 11.8. The van der Waals surface area contributed by atoms with Crippen LogP contribution in [-0.2, 0) is 11.3 Å². The number of anilines is 1. The number of benzene rings is 2. The highest BCUT2D eigenvalue weighted by atomic mass is 16.5. The molecule has 0 spiro atoms. The molecule has 2 amide bonds. The van der Waals surface area contributed by atoms with Crippen molar-refractivity contribution in [2.24, 2.45) is 0 Å². The lowest BCUT2D eigenvalue weighted by atomic mass is 10.1.